The van der Waals surface area contributed by atoms with E-state index >= 15 is 0 Å². The van der Waals surface area contributed by atoms with Crippen LogP contribution < -0.4 is 10.6 Å². The predicted molar refractivity (Wildman–Crippen MR) is 108 cm³/mol. The highest BCUT2D eigenvalue weighted by molar-refractivity contribution is 14.0. The number of guanidine groups is 1. The number of nitrogens with zero attached hydrogens (tertiary/aromatic N) is 2. The van der Waals surface area contributed by atoms with E-state index in [4.69, 9.17) is 0 Å². The van der Waals surface area contributed by atoms with Crippen molar-refractivity contribution in [2.24, 2.45) is 4.99 Å². The van der Waals surface area contributed by atoms with Crippen LogP contribution in [0.2, 0.25) is 0 Å². The van der Waals surface area contributed by atoms with Crippen LogP contribution in [0.15, 0.2) is 58.7 Å². The fourth-order valence-electron chi connectivity index (χ4n) is 2.15. The zero-order chi connectivity index (χ0) is 17.4. The van der Waals surface area contributed by atoms with Gasteiger partial charge in [-0.15, -0.1) is 24.0 Å². The summed E-state index contributed by atoms with van der Waals surface area (Å²) in [5.41, 5.74) is 0. The van der Waals surface area contributed by atoms with E-state index in [1.54, 1.807) is 7.05 Å². The number of halogens is 2. The maximum Gasteiger partial charge on any atom is 0.191 e. The van der Waals surface area contributed by atoms with E-state index in [0.29, 0.717) is 12.5 Å². The number of aromatic nitrogens is 1. The lowest BCUT2D eigenvalue weighted by Gasteiger charge is -2.12. The van der Waals surface area contributed by atoms with E-state index in [-0.39, 0.29) is 41.2 Å². The smallest absolute Gasteiger partial charge is 0.191 e. The Morgan fingerprint density at radius 3 is 2.40 bits per heavy atom. The van der Waals surface area contributed by atoms with Crippen molar-refractivity contribution in [3.05, 3.63) is 54.6 Å². The van der Waals surface area contributed by atoms with E-state index in [1.807, 2.05) is 29.1 Å². The monoisotopic (exact) mass is 480 g/mol. The summed E-state index contributed by atoms with van der Waals surface area (Å²) >= 11 is 0. The van der Waals surface area contributed by atoms with E-state index in [1.165, 1.54) is 18.2 Å². The molecule has 1 aromatic carbocycles. The van der Waals surface area contributed by atoms with Gasteiger partial charge in [-0.05, 0) is 24.3 Å². The Morgan fingerprint density at radius 1 is 1.12 bits per heavy atom. The Hall–Kier alpha value is -1.62. The van der Waals surface area contributed by atoms with Crippen LogP contribution in [-0.2, 0) is 16.4 Å². The molecule has 0 aliphatic heterocycles. The van der Waals surface area contributed by atoms with Crippen molar-refractivity contribution in [1.82, 2.24) is 15.2 Å². The molecule has 2 rings (SSSR count). The van der Waals surface area contributed by atoms with Crippen molar-refractivity contribution in [3.8, 4) is 0 Å². The first-order valence-electron chi connectivity index (χ1n) is 7.55. The molecule has 138 valence electrons. The highest BCUT2D eigenvalue weighted by atomic mass is 127. The fourth-order valence-corrected chi connectivity index (χ4v) is 3.40. The summed E-state index contributed by atoms with van der Waals surface area (Å²) in [6.45, 7) is 1.55. The molecule has 25 heavy (non-hydrogen) atoms. The number of nitrogens with one attached hydrogen (secondary N) is 2. The fraction of sp³-hybridized carbons (Fsp3) is 0.312. The van der Waals surface area contributed by atoms with E-state index in [2.05, 4.69) is 15.6 Å². The average molecular weight is 480 g/mol. The molecule has 0 saturated heterocycles. The van der Waals surface area contributed by atoms with Crippen LogP contribution >= 0.6 is 24.0 Å². The van der Waals surface area contributed by atoms with E-state index in [0.717, 1.165) is 12.6 Å². The number of hydrogen-bond donors (Lipinski definition) is 2. The molecule has 0 unspecified atom stereocenters. The van der Waals surface area contributed by atoms with Gasteiger partial charge in [-0.1, -0.05) is 12.1 Å². The lowest BCUT2D eigenvalue weighted by atomic mass is 10.3. The molecule has 2 aromatic rings. The van der Waals surface area contributed by atoms with Crippen molar-refractivity contribution in [2.75, 3.05) is 25.9 Å². The first-order valence-corrected chi connectivity index (χ1v) is 9.21. The summed E-state index contributed by atoms with van der Waals surface area (Å²) in [7, 11) is -2.07. The quantitative estimate of drug-likeness (QED) is 0.361. The van der Waals surface area contributed by atoms with Crippen molar-refractivity contribution < 1.29 is 12.8 Å². The molecule has 0 atom stereocenters. The highest BCUT2D eigenvalue weighted by Crippen LogP contribution is 2.14. The second-order valence-corrected chi connectivity index (χ2v) is 7.17. The number of benzene rings is 1. The van der Waals surface area contributed by atoms with Crippen LogP contribution in [0.5, 0.6) is 0 Å². The average Bonchev–Trinajstić information content (AvgIpc) is 3.07. The number of hydrogen-bond acceptors (Lipinski definition) is 3. The Balaban J connectivity index is 0.00000312. The standard InChI is InChI=1S/C16H21FN4O2S.HI/c1-18-16(19-8-12-21-10-4-5-11-21)20-9-13-24(22,23)15-7-3-2-6-14(15)17;/h2-7,10-11H,8-9,12-13H2,1H3,(H2,18,19,20);1H. The Labute approximate surface area is 164 Å². The van der Waals surface area contributed by atoms with Gasteiger partial charge in [0.1, 0.15) is 10.7 Å². The van der Waals surface area contributed by atoms with Gasteiger partial charge < -0.3 is 15.2 Å². The van der Waals surface area contributed by atoms with Crippen LogP contribution in [0, 0.1) is 5.82 Å². The summed E-state index contributed by atoms with van der Waals surface area (Å²) < 4.78 is 39.9. The van der Waals surface area contributed by atoms with Gasteiger partial charge in [0.15, 0.2) is 15.8 Å². The van der Waals surface area contributed by atoms with Gasteiger partial charge in [-0.25, -0.2) is 12.8 Å². The lowest BCUT2D eigenvalue weighted by molar-refractivity contribution is 0.566. The number of rotatable bonds is 7. The summed E-state index contributed by atoms with van der Waals surface area (Å²) in [6, 6.07) is 9.27. The van der Waals surface area contributed by atoms with Gasteiger partial charge in [0.2, 0.25) is 0 Å². The molecule has 0 fully saturated rings. The Kier molecular flexibility index (Phi) is 8.90. The van der Waals surface area contributed by atoms with Crippen LogP contribution in [0.3, 0.4) is 0 Å². The van der Waals surface area contributed by atoms with E-state index < -0.39 is 15.7 Å². The molecule has 2 N–H and O–H groups in total. The maximum absolute atomic E-state index is 13.6. The predicted octanol–water partition coefficient (Wildman–Crippen LogP) is 1.88. The van der Waals surface area contributed by atoms with Crippen LogP contribution in [0.4, 0.5) is 4.39 Å². The molecular weight excluding hydrogens is 458 g/mol. The largest absolute Gasteiger partial charge is 0.355 e. The molecule has 0 spiro atoms. The van der Waals surface area contributed by atoms with Gasteiger partial charge >= 0.3 is 0 Å². The second kappa shape index (κ2) is 10.4. The third-order valence-corrected chi connectivity index (χ3v) is 5.13. The van der Waals surface area contributed by atoms with Crippen molar-refractivity contribution in [1.29, 1.82) is 0 Å². The van der Waals surface area contributed by atoms with Crippen molar-refractivity contribution in [2.45, 2.75) is 11.4 Å². The summed E-state index contributed by atoms with van der Waals surface area (Å²) in [5.74, 6) is -0.440. The number of sulfone groups is 1. The molecular formula is C16H22FIN4O2S. The zero-order valence-corrected chi connectivity index (χ0v) is 17.0. The maximum atomic E-state index is 13.6. The molecule has 0 saturated carbocycles. The van der Waals surface area contributed by atoms with Crippen molar-refractivity contribution >= 4 is 39.8 Å². The topological polar surface area (TPSA) is 75.5 Å². The molecule has 1 aromatic heterocycles. The molecule has 6 nitrogen and oxygen atoms in total. The third-order valence-electron chi connectivity index (χ3n) is 3.39. The van der Waals surface area contributed by atoms with Gasteiger partial charge in [0.05, 0.1) is 5.75 Å². The second-order valence-electron chi connectivity index (χ2n) is 5.10. The zero-order valence-electron chi connectivity index (χ0n) is 13.9. The highest BCUT2D eigenvalue weighted by Gasteiger charge is 2.18. The molecule has 0 radical (unpaired) electrons. The van der Waals surface area contributed by atoms with Gasteiger partial charge in [0.25, 0.3) is 0 Å². The minimum Gasteiger partial charge on any atom is -0.355 e. The van der Waals surface area contributed by atoms with Crippen molar-refractivity contribution in [3.63, 3.8) is 0 Å². The first kappa shape index (κ1) is 21.4. The molecule has 0 aliphatic carbocycles. The van der Waals surface area contributed by atoms with Crippen LogP contribution in [-0.4, -0.2) is 44.8 Å². The summed E-state index contributed by atoms with van der Waals surface area (Å²) in [4.78, 5) is 3.76. The summed E-state index contributed by atoms with van der Waals surface area (Å²) in [5, 5.41) is 6.02. The molecule has 0 amide bonds. The lowest BCUT2D eigenvalue weighted by Crippen LogP contribution is -2.40. The van der Waals surface area contributed by atoms with Crippen LogP contribution in [0.1, 0.15) is 0 Å². The van der Waals surface area contributed by atoms with Gasteiger partial charge in [-0.3, -0.25) is 4.99 Å². The molecule has 0 bridgehead atoms. The molecule has 1 heterocycles. The molecule has 9 heteroatoms. The third kappa shape index (κ3) is 6.65. The Morgan fingerprint density at radius 2 is 1.76 bits per heavy atom. The summed E-state index contributed by atoms with van der Waals surface area (Å²) in [6.07, 6.45) is 3.91. The van der Waals surface area contributed by atoms with Gasteiger partial charge in [-0.2, -0.15) is 0 Å². The van der Waals surface area contributed by atoms with E-state index in [9.17, 15) is 12.8 Å². The minimum atomic E-state index is -3.68. The van der Waals surface area contributed by atoms with Gasteiger partial charge in [0, 0.05) is 39.1 Å². The Bertz CT molecular complexity index is 779. The SMILES string of the molecule is CN=C(NCCn1cccc1)NCCS(=O)(=O)c1ccccc1F.I. The number of aliphatic imine (C=N–C) groups is 1. The normalized spacial score (nSPS) is 11.7. The molecule has 0 aliphatic rings. The first-order chi connectivity index (χ1) is 11.5. The van der Waals surface area contributed by atoms with Crippen LogP contribution in [0.25, 0.3) is 0 Å². The minimum absolute atomic E-state index is 0.